The topological polar surface area (TPSA) is 25.8 Å². The fraction of sp³-hybridized carbons (Fsp3) is 0.143. The number of rotatable bonds is 0. The third-order valence-electron chi connectivity index (χ3n) is 1.02. The van der Waals surface area contributed by atoms with Crippen molar-refractivity contribution in [3.05, 3.63) is 23.8 Å². The van der Waals surface area contributed by atoms with Crippen molar-refractivity contribution in [2.24, 2.45) is 0 Å². The SMILES string of the molecule is C#Cc1nccnc1C. The molecule has 0 atom stereocenters. The molecule has 2 heteroatoms. The van der Waals surface area contributed by atoms with Crippen LogP contribution in [0.25, 0.3) is 0 Å². The highest BCUT2D eigenvalue weighted by molar-refractivity contribution is 5.26. The van der Waals surface area contributed by atoms with Gasteiger partial charge in [0.2, 0.25) is 0 Å². The summed E-state index contributed by atoms with van der Waals surface area (Å²) >= 11 is 0. The molecule has 0 aliphatic carbocycles. The maximum absolute atomic E-state index is 5.10. The van der Waals surface area contributed by atoms with Gasteiger partial charge in [0.05, 0.1) is 5.69 Å². The molecule has 0 spiro atoms. The van der Waals surface area contributed by atoms with E-state index in [2.05, 4.69) is 15.9 Å². The Bertz CT molecular complexity index is 247. The molecule has 0 unspecified atom stereocenters. The van der Waals surface area contributed by atoms with Crippen LogP contribution in [0.3, 0.4) is 0 Å². The first-order chi connectivity index (χ1) is 4.34. The number of nitrogens with zero attached hydrogens (tertiary/aromatic N) is 2. The highest BCUT2D eigenvalue weighted by Gasteiger charge is 1.91. The van der Waals surface area contributed by atoms with Crippen molar-refractivity contribution in [1.29, 1.82) is 0 Å². The molecule has 0 N–H and O–H groups in total. The lowest BCUT2D eigenvalue weighted by atomic mass is 10.3. The number of aryl methyl sites for hydroxylation is 1. The van der Waals surface area contributed by atoms with Crippen molar-refractivity contribution in [3.8, 4) is 12.3 Å². The lowest BCUT2D eigenvalue weighted by molar-refractivity contribution is 1.09. The molecule has 0 saturated heterocycles. The van der Waals surface area contributed by atoms with E-state index in [-0.39, 0.29) is 0 Å². The van der Waals surface area contributed by atoms with Crippen LogP contribution < -0.4 is 0 Å². The van der Waals surface area contributed by atoms with Gasteiger partial charge in [0.1, 0.15) is 5.69 Å². The lowest BCUT2D eigenvalue weighted by Crippen LogP contribution is -1.88. The zero-order valence-corrected chi connectivity index (χ0v) is 5.13. The van der Waals surface area contributed by atoms with Crippen molar-refractivity contribution in [2.45, 2.75) is 6.92 Å². The fourth-order valence-corrected chi connectivity index (χ4v) is 0.549. The average molecular weight is 118 g/mol. The summed E-state index contributed by atoms with van der Waals surface area (Å²) in [6, 6.07) is 0. The van der Waals surface area contributed by atoms with Gasteiger partial charge in [0.25, 0.3) is 0 Å². The maximum Gasteiger partial charge on any atom is 0.134 e. The smallest absolute Gasteiger partial charge is 0.134 e. The summed E-state index contributed by atoms with van der Waals surface area (Å²) < 4.78 is 0. The zero-order valence-electron chi connectivity index (χ0n) is 5.13. The molecule has 44 valence electrons. The van der Waals surface area contributed by atoms with Gasteiger partial charge in [-0.3, -0.25) is 4.98 Å². The summed E-state index contributed by atoms with van der Waals surface area (Å²) in [7, 11) is 0. The monoisotopic (exact) mass is 118 g/mol. The molecule has 1 aromatic rings. The second-order valence-corrected chi connectivity index (χ2v) is 1.63. The van der Waals surface area contributed by atoms with Gasteiger partial charge in [-0.1, -0.05) is 0 Å². The van der Waals surface area contributed by atoms with E-state index in [0.29, 0.717) is 5.69 Å². The molecule has 0 amide bonds. The summed E-state index contributed by atoms with van der Waals surface area (Å²) in [5.74, 6) is 2.42. The van der Waals surface area contributed by atoms with Crippen molar-refractivity contribution in [3.63, 3.8) is 0 Å². The minimum Gasteiger partial charge on any atom is -0.257 e. The van der Waals surface area contributed by atoms with Crippen LogP contribution in [0.15, 0.2) is 12.4 Å². The van der Waals surface area contributed by atoms with E-state index in [0.717, 1.165) is 5.69 Å². The van der Waals surface area contributed by atoms with Crippen LogP contribution in [-0.2, 0) is 0 Å². The van der Waals surface area contributed by atoms with Crippen LogP contribution in [0.5, 0.6) is 0 Å². The molecule has 1 heterocycles. The first kappa shape index (κ1) is 5.77. The first-order valence-corrected chi connectivity index (χ1v) is 2.59. The lowest BCUT2D eigenvalue weighted by Gasteiger charge is -1.90. The second kappa shape index (κ2) is 2.27. The Hall–Kier alpha value is -1.36. The summed E-state index contributed by atoms with van der Waals surface area (Å²) in [4.78, 5) is 7.84. The van der Waals surface area contributed by atoms with Gasteiger partial charge in [-0.2, -0.15) is 0 Å². The van der Waals surface area contributed by atoms with E-state index in [1.165, 1.54) is 0 Å². The van der Waals surface area contributed by atoms with Gasteiger partial charge in [-0.25, -0.2) is 4.98 Å². The number of hydrogen-bond donors (Lipinski definition) is 0. The van der Waals surface area contributed by atoms with Crippen molar-refractivity contribution in [2.75, 3.05) is 0 Å². The molecule has 0 bridgehead atoms. The Labute approximate surface area is 54.0 Å². The molecule has 0 fully saturated rings. The van der Waals surface area contributed by atoms with Crippen LogP contribution in [-0.4, -0.2) is 9.97 Å². The Morgan fingerprint density at radius 3 is 2.56 bits per heavy atom. The van der Waals surface area contributed by atoms with Gasteiger partial charge in [0, 0.05) is 12.4 Å². The van der Waals surface area contributed by atoms with Crippen LogP contribution in [0.4, 0.5) is 0 Å². The number of aromatic nitrogens is 2. The highest BCUT2D eigenvalue weighted by Crippen LogP contribution is 1.94. The third kappa shape index (κ3) is 1.06. The molecule has 0 aromatic carbocycles. The molecule has 1 rings (SSSR count). The summed E-state index contributed by atoms with van der Waals surface area (Å²) in [6.07, 6.45) is 8.30. The summed E-state index contributed by atoms with van der Waals surface area (Å²) in [6.45, 7) is 1.84. The van der Waals surface area contributed by atoms with Gasteiger partial charge in [0.15, 0.2) is 0 Å². The quantitative estimate of drug-likeness (QED) is 0.470. The molecular formula is C7H6N2. The van der Waals surface area contributed by atoms with E-state index in [9.17, 15) is 0 Å². The summed E-state index contributed by atoms with van der Waals surface area (Å²) in [5, 5.41) is 0. The Morgan fingerprint density at radius 2 is 2.11 bits per heavy atom. The van der Waals surface area contributed by atoms with Gasteiger partial charge in [-0.15, -0.1) is 6.42 Å². The van der Waals surface area contributed by atoms with Crippen LogP contribution in [0, 0.1) is 19.3 Å². The van der Waals surface area contributed by atoms with E-state index >= 15 is 0 Å². The van der Waals surface area contributed by atoms with Gasteiger partial charge < -0.3 is 0 Å². The van der Waals surface area contributed by atoms with E-state index in [1.54, 1.807) is 12.4 Å². The largest absolute Gasteiger partial charge is 0.257 e. The molecule has 0 radical (unpaired) electrons. The standard InChI is InChI=1S/C7H6N2/c1-3-7-6(2)8-4-5-9-7/h1,4-5H,2H3. The maximum atomic E-state index is 5.10. The zero-order chi connectivity index (χ0) is 6.69. The molecule has 0 saturated carbocycles. The normalized spacial score (nSPS) is 8.44. The van der Waals surface area contributed by atoms with Gasteiger partial charge in [-0.05, 0) is 12.8 Å². The molecule has 2 nitrogen and oxygen atoms in total. The molecule has 0 aliphatic heterocycles. The Balaban J connectivity index is 3.20. The fourth-order valence-electron chi connectivity index (χ4n) is 0.549. The van der Waals surface area contributed by atoms with Crippen molar-refractivity contribution in [1.82, 2.24) is 9.97 Å². The van der Waals surface area contributed by atoms with E-state index < -0.39 is 0 Å². The van der Waals surface area contributed by atoms with Crippen LogP contribution >= 0.6 is 0 Å². The van der Waals surface area contributed by atoms with E-state index in [1.807, 2.05) is 6.92 Å². The second-order valence-electron chi connectivity index (χ2n) is 1.63. The average Bonchev–Trinajstić information content (AvgIpc) is 1.89. The minimum atomic E-state index is 0.623. The number of hydrogen-bond acceptors (Lipinski definition) is 2. The molecule has 1 aromatic heterocycles. The minimum absolute atomic E-state index is 0.623. The van der Waals surface area contributed by atoms with Crippen LogP contribution in [0.1, 0.15) is 11.4 Å². The highest BCUT2D eigenvalue weighted by atomic mass is 14.8. The Kier molecular flexibility index (Phi) is 1.46. The molecular weight excluding hydrogens is 112 g/mol. The van der Waals surface area contributed by atoms with Crippen molar-refractivity contribution < 1.29 is 0 Å². The van der Waals surface area contributed by atoms with Crippen molar-refractivity contribution >= 4 is 0 Å². The molecule has 9 heavy (non-hydrogen) atoms. The van der Waals surface area contributed by atoms with E-state index in [4.69, 9.17) is 6.42 Å². The molecule has 0 aliphatic rings. The predicted octanol–water partition coefficient (Wildman–Crippen LogP) is 0.766. The first-order valence-electron chi connectivity index (χ1n) is 2.59. The number of terminal acetylenes is 1. The van der Waals surface area contributed by atoms with Gasteiger partial charge >= 0.3 is 0 Å². The summed E-state index contributed by atoms with van der Waals surface area (Å²) in [5.41, 5.74) is 1.43. The third-order valence-corrected chi connectivity index (χ3v) is 1.02. The Morgan fingerprint density at radius 1 is 1.44 bits per heavy atom. The van der Waals surface area contributed by atoms with Crippen LogP contribution in [0.2, 0.25) is 0 Å². The predicted molar refractivity (Wildman–Crippen MR) is 34.7 cm³/mol.